The largest absolute Gasteiger partial charge is 0.501 e. The Morgan fingerprint density at radius 2 is 2.46 bits per heavy atom. The fraction of sp³-hybridized carbons (Fsp3) is 0.300. The zero-order valence-corrected chi connectivity index (χ0v) is 8.56. The van der Waals surface area contributed by atoms with Crippen LogP contribution in [0.4, 0.5) is 0 Å². The van der Waals surface area contributed by atoms with Gasteiger partial charge in [0.1, 0.15) is 0 Å². The van der Waals surface area contributed by atoms with Gasteiger partial charge in [0.15, 0.2) is 5.78 Å². The van der Waals surface area contributed by atoms with E-state index in [-0.39, 0.29) is 5.78 Å². The number of ether oxygens (including phenoxy) is 1. The molecule has 0 aliphatic rings. The van der Waals surface area contributed by atoms with Crippen LogP contribution in [0.1, 0.15) is 24.2 Å². The SMILES string of the molecule is CCO/C=C(\C)C(=O)c1ccsc1. The molecule has 0 N–H and O–H groups in total. The van der Waals surface area contributed by atoms with Gasteiger partial charge in [0.05, 0.1) is 12.9 Å². The highest BCUT2D eigenvalue weighted by Crippen LogP contribution is 2.11. The van der Waals surface area contributed by atoms with Gasteiger partial charge in [-0.1, -0.05) is 0 Å². The lowest BCUT2D eigenvalue weighted by molar-refractivity contribution is 0.102. The first-order chi connectivity index (χ1) is 6.25. The minimum absolute atomic E-state index is 0.0368. The van der Waals surface area contributed by atoms with Crippen LogP contribution in [0.3, 0.4) is 0 Å². The van der Waals surface area contributed by atoms with Crippen LogP contribution >= 0.6 is 11.3 Å². The van der Waals surface area contributed by atoms with Crippen molar-refractivity contribution in [1.82, 2.24) is 0 Å². The summed E-state index contributed by atoms with van der Waals surface area (Å²) in [5.41, 5.74) is 1.37. The monoisotopic (exact) mass is 196 g/mol. The Morgan fingerprint density at radius 1 is 1.69 bits per heavy atom. The number of carbonyl (C=O) groups is 1. The van der Waals surface area contributed by atoms with Crippen LogP contribution in [-0.4, -0.2) is 12.4 Å². The van der Waals surface area contributed by atoms with E-state index in [4.69, 9.17) is 4.74 Å². The fourth-order valence-corrected chi connectivity index (χ4v) is 1.52. The van der Waals surface area contributed by atoms with Crippen molar-refractivity contribution in [2.24, 2.45) is 0 Å². The van der Waals surface area contributed by atoms with E-state index < -0.39 is 0 Å². The maximum atomic E-state index is 11.6. The van der Waals surface area contributed by atoms with Gasteiger partial charge in [0.25, 0.3) is 0 Å². The van der Waals surface area contributed by atoms with Crippen LogP contribution in [-0.2, 0) is 4.74 Å². The predicted octanol–water partition coefficient (Wildman–Crippen LogP) is 2.87. The van der Waals surface area contributed by atoms with Gasteiger partial charge in [-0.25, -0.2) is 0 Å². The molecule has 0 aliphatic heterocycles. The van der Waals surface area contributed by atoms with Crippen molar-refractivity contribution >= 4 is 17.1 Å². The molecule has 0 unspecified atom stereocenters. The van der Waals surface area contributed by atoms with Crippen molar-refractivity contribution in [2.75, 3.05) is 6.61 Å². The van der Waals surface area contributed by atoms with Gasteiger partial charge >= 0.3 is 0 Å². The van der Waals surface area contributed by atoms with Gasteiger partial charge < -0.3 is 4.74 Å². The summed E-state index contributed by atoms with van der Waals surface area (Å²) in [6, 6.07) is 1.82. The minimum atomic E-state index is 0.0368. The number of Topliss-reactive ketones (excluding diaryl/α,β-unsaturated/α-hetero) is 1. The highest BCUT2D eigenvalue weighted by molar-refractivity contribution is 7.08. The molecule has 70 valence electrons. The molecule has 0 amide bonds. The molecule has 1 aromatic rings. The Morgan fingerprint density at radius 3 is 3.00 bits per heavy atom. The zero-order valence-electron chi connectivity index (χ0n) is 7.74. The van der Waals surface area contributed by atoms with Crippen molar-refractivity contribution in [3.63, 3.8) is 0 Å². The van der Waals surface area contributed by atoms with Crippen LogP contribution in [0.2, 0.25) is 0 Å². The molecule has 2 nitrogen and oxygen atoms in total. The lowest BCUT2D eigenvalue weighted by Gasteiger charge is -1.98. The molecular weight excluding hydrogens is 184 g/mol. The molecule has 1 heterocycles. The molecule has 0 spiro atoms. The van der Waals surface area contributed by atoms with E-state index in [9.17, 15) is 4.79 Å². The smallest absolute Gasteiger partial charge is 0.192 e. The molecule has 13 heavy (non-hydrogen) atoms. The van der Waals surface area contributed by atoms with Crippen molar-refractivity contribution in [2.45, 2.75) is 13.8 Å². The standard InChI is InChI=1S/C10H12O2S/c1-3-12-6-8(2)10(11)9-4-5-13-7-9/h4-7H,3H2,1-2H3/b8-6+. The molecule has 0 saturated carbocycles. The third kappa shape index (κ3) is 2.70. The van der Waals surface area contributed by atoms with E-state index in [0.29, 0.717) is 12.2 Å². The topological polar surface area (TPSA) is 26.3 Å². The Hall–Kier alpha value is -1.09. The summed E-state index contributed by atoms with van der Waals surface area (Å²) in [5.74, 6) is 0.0368. The summed E-state index contributed by atoms with van der Waals surface area (Å²) < 4.78 is 5.03. The van der Waals surface area contributed by atoms with E-state index in [1.165, 1.54) is 17.6 Å². The molecule has 1 rings (SSSR count). The highest BCUT2D eigenvalue weighted by Gasteiger charge is 2.07. The lowest BCUT2D eigenvalue weighted by Crippen LogP contribution is -1.99. The second kappa shape index (κ2) is 4.82. The summed E-state index contributed by atoms with van der Waals surface area (Å²) in [6.07, 6.45) is 1.51. The molecule has 0 aliphatic carbocycles. The van der Waals surface area contributed by atoms with Gasteiger partial charge in [-0.2, -0.15) is 11.3 Å². The number of thiophene rings is 1. The molecule has 0 fully saturated rings. The number of hydrogen-bond acceptors (Lipinski definition) is 3. The van der Waals surface area contributed by atoms with Crippen LogP contribution in [0.25, 0.3) is 0 Å². The Balaban J connectivity index is 2.68. The van der Waals surface area contributed by atoms with Crippen LogP contribution < -0.4 is 0 Å². The van der Waals surface area contributed by atoms with E-state index >= 15 is 0 Å². The molecule has 3 heteroatoms. The molecule has 0 saturated heterocycles. The van der Waals surface area contributed by atoms with Crippen molar-refractivity contribution in [3.05, 3.63) is 34.2 Å². The predicted molar refractivity (Wildman–Crippen MR) is 54.0 cm³/mol. The first-order valence-corrected chi connectivity index (χ1v) is 5.05. The van der Waals surface area contributed by atoms with Gasteiger partial charge in [0.2, 0.25) is 0 Å². The first-order valence-electron chi connectivity index (χ1n) is 4.11. The Bertz CT molecular complexity index is 299. The van der Waals surface area contributed by atoms with E-state index in [1.54, 1.807) is 6.92 Å². The van der Waals surface area contributed by atoms with E-state index in [1.807, 2.05) is 23.8 Å². The maximum Gasteiger partial charge on any atom is 0.192 e. The minimum Gasteiger partial charge on any atom is -0.501 e. The van der Waals surface area contributed by atoms with Gasteiger partial charge in [0, 0.05) is 16.5 Å². The summed E-state index contributed by atoms with van der Waals surface area (Å²) in [6.45, 7) is 4.24. The highest BCUT2D eigenvalue weighted by atomic mass is 32.1. The third-order valence-corrected chi connectivity index (χ3v) is 2.25. The molecular formula is C10H12O2S. The molecule has 0 aromatic carbocycles. The van der Waals surface area contributed by atoms with Gasteiger partial charge in [-0.05, 0) is 25.3 Å². The number of hydrogen-bond donors (Lipinski definition) is 0. The fourth-order valence-electron chi connectivity index (χ4n) is 0.883. The second-order valence-corrected chi connectivity index (χ2v) is 3.38. The van der Waals surface area contributed by atoms with Crippen molar-refractivity contribution in [3.8, 4) is 0 Å². The number of rotatable bonds is 4. The van der Waals surface area contributed by atoms with Gasteiger partial charge in [-0.15, -0.1) is 0 Å². The van der Waals surface area contributed by atoms with Crippen molar-refractivity contribution < 1.29 is 9.53 Å². The molecule has 0 atom stereocenters. The van der Waals surface area contributed by atoms with E-state index in [0.717, 1.165) is 5.56 Å². The van der Waals surface area contributed by atoms with Crippen molar-refractivity contribution in [1.29, 1.82) is 0 Å². The average Bonchev–Trinajstić information content (AvgIpc) is 2.65. The second-order valence-electron chi connectivity index (χ2n) is 2.60. The number of allylic oxidation sites excluding steroid dienone is 1. The quantitative estimate of drug-likeness (QED) is 0.420. The lowest BCUT2D eigenvalue weighted by atomic mass is 10.1. The molecule has 0 radical (unpaired) electrons. The Labute approximate surface area is 81.8 Å². The van der Waals surface area contributed by atoms with Crippen LogP contribution in [0.15, 0.2) is 28.7 Å². The average molecular weight is 196 g/mol. The third-order valence-electron chi connectivity index (χ3n) is 1.57. The first kappa shape index (κ1) is 9.99. The number of ketones is 1. The Kier molecular flexibility index (Phi) is 3.71. The summed E-state index contributed by atoms with van der Waals surface area (Å²) in [4.78, 5) is 11.6. The normalized spacial score (nSPS) is 11.4. The van der Waals surface area contributed by atoms with Crippen LogP contribution in [0.5, 0.6) is 0 Å². The zero-order chi connectivity index (χ0) is 9.68. The number of carbonyl (C=O) groups excluding carboxylic acids is 1. The molecule has 0 bridgehead atoms. The summed E-state index contributed by atoms with van der Waals surface area (Å²) >= 11 is 1.52. The van der Waals surface area contributed by atoms with E-state index in [2.05, 4.69) is 0 Å². The summed E-state index contributed by atoms with van der Waals surface area (Å²) in [5, 5.41) is 3.73. The maximum absolute atomic E-state index is 11.6. The van der Waals surface area contributed by atoms with Gasteiger partial charge in [-0.3, -0.25) is 4.79 Å². The van der Waals surface area contributed by atoms with Crippen LogP contribution in [0, 0.1) is 0 Å². The molecule has 1 aromatic heterocycles. The summed E-state index contributed by atoms with van der Waals surface area (Å²) in [7, 11) is 0.